The monoisotopic (exact) mass is 268 g/mol. The molecule has 0 aliphatic carbocycles. The van der Waals surface area contributed by atoms with Gasteiger partial charge in [-0.1, -0.05) is 13.8 Å². The normalized spacial score (nSPS) is 12.5. The van der Waals surface area contributed by atoms with Crippen molar-refractivity contribution in [3.8, 4) is 0 Å². The topological polar surface area (TPSA) is 110 Å². The summed E-state index contributed by atoms with van der Waals surface area (Å²) >= 11 is 0. The number of amides is 1. The quantitative estimate of drug-likeness (QED) is 0.647. The number of carbonyl (C=O) groups excluding carboxylic acids is 1. The Balaban J connectivity index is 2.92. The summed E-state index contributed by atoms with van der Waals surface area (Å²) in [6.07, 6.45) is 1.86. The Morgan fingerprint density at radius 3 is 2.63 bits per heavy atom. The molecule has 7 nitrogen and oxygen atoms in total. The number of aromatic amines is 1. The Labute approximate surface area is 110 Å². The average Bonchev–Trinajstić information content (AvgIpc) is 2.34. The molecule has 1 unspecified atom stereocenters. The maximum absolute atomic E-state index is 12.0. The van der Waals surface area contributed by atoms with Crippen molar-refractivity contribution in [2.24, 2.45) is 18.7 Å². The molecule has 0 saturated heterocycles. The summed E-state index contributed by atoms with van der Waals surface area (Å²) < 4.78 is 0.856. The standard InChI is InChI=1S/C12H20N4O3/c1-7(2)4-8(5-13)15-10(17)9-6-14-12(19)16(3)11(9)18/h6-8H,4-5,13H2,1-3H3,(H,14,19)(H,15,17). The molecule has 0 spiro atoms. The van der Waals surface area contributed by atoms with Crippen LogP contribution in [0.15, 0.2) is 15.8 Å². The van der Waals surface area contributed by atoms with E-state index in [1.165, 1.54) is 7.05 Å². The van der Waals surface area contributed by atoms with E-state index in [1.54, 1.807) is 0 Å². The van der Waals surface area contributed by atoms with Crippen LogP contribution in [0.5, 0.6) is 0 Å². The van der Waals surface area contributed by atoms with Crippen molar-refractivity contribution in [2.75, 3.05) is 6.54 Å². The lowest BCUT2D eigenvalue weighted by Crippen LogP contribution is -2.45. The van der Waals surface area contributed by atoms with Gasteiger partial charge in [-0.25, -0.2) is 4.79 Å². The van der Waals surface area contributed by atoms with Gasteiger partial charge in [0.15, 0.2) is 0 Å². The first-order chi connectivity index (χ1) is 8.86. The van der Waals surface area contributed by atoms with Crippen molar-refractivity contribution in [2.45, 2.75) is 26.3 Å². The summed E-state index contributed by atoms with van der Waals surface area (Å²) in [5.74, 6) is -0.139. The summed E-state index contributed by atoms with van der Waals surface area (Å²) in [4.78, 5) is 37.3. The largest absolute Gasteiger partial charge is 0.348 e. The smallest absolute Gasteiger partial charge is 0.328 e. The number of nitrogens with one attached hydrogen (secondary N) is 2. The molecule has 7 heteroatoms. The second kappa shape index (κ2) is 6.33. The summed E-state index contributed by atoms with van der Waals surface area (Å²) in [7, 11) is 1.31. The van der Waals surface area contributed by atoms with E-state index in [9.17, 15) is 14.4 Å². The van der Waals surface area contributed by atoms with Crippen LogP contribution >= 0.6 is 0 Å². The maximum atomic E-state index is 12.0. The van der Waals surface area contributed by atoms with Crippen LogP contribution in [0.1, 0.15) is 30.6 Å². The summed E-state index contributed by atoms with van der Waals surface area (Å²) in [6, 6.07) is -0.191. The first-order valence-corrected chi connectivity index (χ1v) is 6.16. The van der Waals surface area contributed by atoms with E-state index in [4.69, 9.17) is 5.73 Å². The summed E-state index contributed by atoms with van der Waals surface area (Å²) in [5.41, 5.74) is 4.31. The molecule has 0 aliphatic rings. The van der Waals surface area contributed by atoms with Gasteiger partial charge in [-0.2, -0.15) is 0 Å². The molecule has 0 saturated carbocycles. The number of nitrogens with zero attached hydrogens (tertiary/aromatic N) is 1. The Hall–Kier alpha value is -1.89. The molecule has 0 aromatic carbocycles. The number of hydrogen-bond donors (Lipinski definition) is 3. The van der Waals surface area contributed by atoms with Gasteiger partial charge in [-0.15, -0.1) is 0 Å². The zero-order valence-electron chi connectivity index (χ0n) is 11.4. The average molecular weight is 268 g/mol. The molecule has 1 amide bonds. The van der Waals surface area contributed by atoms with Gasteiger partial charge in [0.1, 0.15) is 5.56 Å². The minimum absolute atomic E-state index is 0.0932. The molecule has 1 aromatic rings. The first kappa shape index (κ1) is 15.2. The Kier molecular flexibility index (Phi) is 5.05. The maximum Gasteiger partial charge on any atom is 0.328 e. The van der Waals surface area contributed by atoms with Crippen LogP contribution in [0.25, 0.3) is 0 Å². The van der Waals surface area contributed by atoms with E-state index in [2.05, 4.69) is 10.3 Å². The molecule has 1 atom stereocenters. The zero-order chi connectivity index (χ0) is 14.6. The minimum atomic E-state index is -0.624. The lowest BCUT2D eigenvalue weighted by molar-refractivity contribution is 0.0931. The van der Waals surface area contributed by atoms with Crippen LogP contribution in [0, 0.1) is 5.92 Å². The Morgan fingerprint density at radius 2 is 2.11 bits per heavy atom. The molecule has 0 bridgehead atoms. The third kappa shape index (κ3) is 3.78. The van der Waals surface area contributed by atoms with Crippen LogP contribution in [0.4, 0.5) is 0 Å². The number of H-pyrrole nitrogens is 1. The van der Waals surface area contributed by atoms with E-state index < -0.39 is 17.2 Å². The predicted octanol–water partition coefficient (Wildman–Crippen LogP) is -0.823. The van der Waals surface area contributed by atoms with Gasteiger partial charge in [0.05, 0.1) is 0 Å². The van der Waals surface area contributed by atoms with Crippen LogP contribution < -0.4 is 22.3 Å². The lowest BCUT2D eigenvalue weighted by Gasteiger charge is -2.18. The molecule has 1 heterocycles. The number of carbonyl (C=O) groups is 1. The highest BCUT2D eigenvalue weighted by Gasteiger charge is 2.17. The highest BCUT2D eigenvalue weighted by Crippen LogP contribution is 2.04. The SMILES string of the molecule is CC(C)CC(CN)NC(=O)c1c[nH]c(=O)n(C)c1=O. The van der Waals surface area contributed by atoms with E-state index in [0.29, 0.717) is 12.5 Å². The van der Waals surface area contributed by atoms with Gasteiger partial charge in [-0.3, -0.25) is 14.2 Å². The first-order valence-electron chi connectivity index (χ1n) is 6.16. The second-order valence-electron chi connectivity index (χ2n) is 4.91. The van der Waals surface area contributed by atoms with Crippen LogP contribution in [0.2, 0.25) is 0 Å². The van der Waals surface area contributed by atoms with E-state index >= 15 is 0 Å². The number of aromatic nitrogens is 2. The van der Waals surface area contributed by atoms with Crippen LogP contribution in [0.3, 0.4) is 0 Å². The molecule has 1 rings (SSSR count). The van der Waals surface area contributed by atoms with Gasteiger partial charge >= 0.3 is 5.69 Å². The van der Waals surface area contributed by atoms with Crippen molar-refractivity contribution in [1.82, 2.24) is 14.9 Å². The molecule has 19 heavy (non-hydrogen) atoms. The van der Waals surface area contributed by atoms with Crippen molar-refractivity contribution >= 4 is 5.91 Å². The fourth-order valence-corrected chi connectivity index (χ4v) is 1.77. The van der Waals surface area contributed by atoms with Crippen LogP contribution in [-0.4, -0.2) is 28.0 Å². The fourth-order valence-electron chi connectivity index (χ4n) is 1.77. The molecule has 1 aromatic heterocycles. The molecular weight excluding hydrogens is 248 g/mol. The van der Waals surface area contributed by atoms with Gasteiger partial charge in [0, 0.05) is 25.8 Å². The summed E-state index contributed by atoms with van der Waals surface area (Å²) in [5, 5.41) is 2.70. The van der Waals surface area contributed by atoms with Crippen molar-refractivity contribution < 1.29 is 4.79 Å². The van der Waals surface area contributed by atoms with Gasteiger partial charge in [-0.05, 0) is 12.3 Å². The molecule has 4 N–H and O–H groups in total. The lowest BCUT2D eigenvalue weighted by atomic mass is 10.0. The highest BCUT2D eigenvalue weighted by atomic mass is 16.2. The van der Waals surface area contributed by atoms with Crippen molar-refractivity contribution in [1.29, 1.82) is 0 Å². The minimum Gasteiger partial charge on any atom is -0.348 e. The van der Waals surface area contributed by atoms with E-state index in [-0.39, 0.29) is 11.6 Å². The Morgan fingerprint density at radius 1 is 1.47 bits per heavy atom. The molecule has 0 aliphatic heterocycles. The number of rotatable bonds is 5. The summed E-state index contributed by atoms with van der Waals surface area (Å²) in [6.45, 7) is 4.34. The number of hydrogen-bond acceptors (Lipinski definition) is 4. The van der Waals surface area contributed by atoms with Crippen molar-refractivity contribution in [3.63, 3.8) is 0 Å². The van der Waals surface area contributed by atoms with Crippen molar-refractivity contribution in [3.05, 3.63) is 32.6 Å². The van der Waals surface area contributed by atoms with Gasteiger partial charge < -0.3 is 16.0 Å². The van der Waals surface area contributed by atoms with Crippen LogP contribution in [-0.2, 0) is 7.05 Å². The predicted molar refractivity (Wildman–Crippen MR) is 72.1 cm³/mol. The third-order valence-corrected chi connectivity index (χ3v) is 2.80. The zero-order valence-corrected chi connectivity index (χ0v) is 11.4. The molecular formula is C12H20N4O3. The highest BCUT2D eigenvalue weighted by molar-refractivity contribution is 5.93. The van der Waals surface area contributed by atoms with Gasteiger partial charge in [0.25, 0.3) is 11.5 Å². The number of nitrogens with two attached hydrogens (primary N) is 1. The second-order valence-corrected chi connectivity index (χ2v) is 4.91. The van der Waals surface area contributed by atoms with E-state index in [0.717, 1.165) is 17.2 Å². The Bertz CT molecular complexity index is 559. The molecule has 0 fully saturated rings. The molecule has 0 radical (unpaired) electrons. The fraction of sp³-hybridized carbons (Fsp3) is 0.583. The molecule has 106 valence electrons. The third-order valence-electron chi connectivity index (χ3n) is 2.80. The van der Waals surface area contributed by atoms with Gasteiger partial charge in [0.2, 0.25) is 0 Å². The van der Waals surface area contributed by atoms with E-state index in [1.807, 2.05) is 13.8 Å².